The van der Waals surface area contributed by atoms with E-state index in [2.05, 4.69) is 15.3 Å². The molecule has 1 saturated carbocycles. The molecule has 5 N–H and O–H groups in total. The lowest BCUT2D eigenvalue weighted by molar-refractivity contribution is 0.100. The monoisotopic (exact) mass is 361 g/mol. The smallest absolute Gasteiger partial charge is 0.248 e. The standard InChI is InChI=1S/C21H23N5O/c22-19(27)15-6-4-5-13(11-15)14-9-10-18-17(12-14)20(26-21(23)25-18)24-16-7-2-1-3-8-16/h4-6,9-12,16H,1-3,7-8H2,(H2,22,27)(H3,23,24,25,26). The van der Waals surface area contributed by atoms with Gasteiger partial charge in [0.15, 0.2) is 0 Å². The average Bonchev–Trinajstić information content (AvgIpc) is 2.68. The van der Waals surface area contributed by atoms with Crippen LogP contribution in [0.1, 0.15) is 42.5 Å². The maximum Gasteiger partial charge on any atom is 0.248 e. The third kappa shape index (κ3) is 3.69. The minimum absolute atomic E-state index is 0.268. The minimum atomic E-state index is -0.437. The summed E-state index contributed by atoms with van der Waals surface area (Å²) in [6.45, 7) is 0. The van der Waals surface area contributed by atoms with Crippen LogP contribution < -0.4 is 16.8 Å². The summed E-state index contributed by atoms with van der Waals surface area (Å²) in [7, 11) is 0. The molecule has 1 amide bonds. The van der Waals surface area contributed by atoms with Crippen molar-refractivity contribution in [3.63, 3.8) is 0 Å². The number of nitrogens with zero attached hydrogens (tertiary/aromatic N) is 2. The van der Waals surface area contributed by atoms with E-state index in [-0.39, 0.29) is 5.95 Å². The normalized spacial score (nSPS) is 15.0. The molecule has 1 aliphatic rings. The summed E-state index contributed by atoms with van der Waals surface area (Å²) in [5, 5.41) is 4.50. The SMILES string of the molecule is NC(=O)c1cccc(-c2ccc3nc(N)nc(NC4CCCCC4)c3c2)c1. The first-order valence-corrected chi connectivity index (χ1v) is 9.34. The Bertz CT molecular complexity index is 995. The first-order chi connectivity index (χ1) is 13.1. The molecule has 1 heterocycles. The Morgan fingerprint density at radius 3 is 2.56 bits per heavy atom. The van der Waals surface area contributed by atoms with Gasteiger partial charge in [-0.15, -0.1) is 0 Å². The van der Waals surface area contributed by atoms with Crippen LogP contribution in [-0.2, 0) is 0 Å². The Labute approximate surface area is 158 Å². The van der Waals surface area contributed by atoms with E-state index >= 15 is 0 Å². The van der Waals surface area contributed by atoms with Gasteiger partial charge in [-0.25, -0.2) is 4.98 Å². The molecule has 1 fully saturated rings. The van der Waals surface area contributed by atoms with Crippen molar-refractivity contribution in [2.75, 3.05) is 11.1 Å². The van der Waals surface area contributed by atoms with Crippen LogP contribution >= 0.6 is 0 Å². The van der Waals surface area contributed by atoms with Gasteiger partial charge in [-0.1, -0.05) is 37.5 Å². The van der Waals surface area contributed by atoms with Gasteiger partial charge in [-0.2, -0.15) is 4.98 Å². The van der Waals surface area contributed by atoms with Gasteiger partial charge in [0.05, 0.1) is 5.52 Å². The zero-order chi connectivity index (χ0) is 18.8. The van der Waals surface area contributed by atoms with Crippen LogP contribution in [0, 0.1) is 0 Å². The zero-order valence-electron chi connectivity index (χ0n) is 15.1. The van der Waals surface area contributed by atoms with Gasteiger partial charge in [-0.05, 0) is 48.2 Å². The van der Waals surface area contributed by atoms with Crippen LogP contribution in [0.4, 0.5) is 11.8 Å². The number of carbonyl (C=O) groups is 1. The highest BCUT2D eigenvalue weighted by Gasteiger charge is 2.16. The molecule has 0 aliphatic heterocycles. The fourth-order valence-corrected chi connectivity index (χ4v) is 3.73. The number of anilines is 2. The molecule has 3 aromatic rings. The van der Waals surface area contributed by atoms with E-state index in [1.807, 2.05) is 30.3 Å². The van der Waals surface area contributed by atoms with Crippen molar-refractivity contribution in [2.45, 2.75) is 38.1 Å². The number of rotatable bonds is 4. The number of nitrogens with two attached hydrogens (primary N) is 2. The molecule has 0 spiro atoms. The van der Waals surface area contributed by atoms with E-state index in [4.69, 9.17) is 11.5 Å². The second-order valence-corrected chi connectivity index (χ2v) is 7.09. The zero-order valence-corrected chi connectivity index (χ0v) is 15.1. The number of benzene rings is 2. The lowest BCUT2D eigenvalue weighted by Crippen LogP contribution is -2.23. The number of nitrogens with one attached hydrogen (secondary N) is 1. The predicted molar refractivity (Wildman–Crippen MR) is 108 cm³/mol. The van der Waals surface area contributed by atoms with Crippen molar-refractivity contribution < 1.29 is 4.79 Å². The summed E-state index contributed by atoms with van der Waals surface area (Å²) >= 11 is 0. The first-order valence-electron chi connectivity index (χ1n) is 9.34. The van der Waals surface area contributed by atoms with Gasteiger partial charge in [0.25, 0.3) is 0 Å². The van der Waals surface area contributed by atoms with Gasteiger partial charge in [0.2, 0.25) is 11.9 Å². The maximum atomic E-state index is 11.5. The number of aromatic nitrogens is 2. The van der Waals surface area contributed by atoms with Crippen LogP contribution in [0.25, 0.3) is 22.0 Å². The highest BCUT2D eigenvalue weighted by atomic mass is 16.1. The van der Waals surface area contributed by atoms with E-state index in [1.54, 1.807) is 12.1 Å². The molecule has 0 bridgehead atoms. The molecule has 1 aromatic heterocycles. The summed E-state index contributed by atoms with van der Waals surface area (Å²) < 4.78 is 0. The quantitative estimate of drug-likeness (QED) is 0.656. The first kappa shape index (κ1) is 17.3. The maximum absolute atomic E-state index is 11.5. The van der Waals surface area contributed by atoms with Crippen LogP contribution in [0.3, 0.4) is 0 Å². The molecule has 4 rings (SSSR count). The number of nitrogen functional groups attached to an aromatic ring is 1. The molecule has 0 saturated heterocycles. The van der Waals surface area contributed by atoms with Crippen molar-refractivity contribution >= 4 is 28.6 Å². The Kier molecular flexibility index (Phi) is 4.62. The fraction of sp³-hybridized carbons (Fsp3) is 0.286. The van der Waals surface area contributed by atoms with Gasteiger partial charge < -0.3 is 16.8 Å². The predicted octanol–water partition coefficient (Wildman–Crippen LogP) is 3.72. The number of amides is 1. The van der Waals surface area contributed by atoms with Gasteiger partial charge in [0.1, 0.15) is 5.82 Å². The highest BCUT2D eigenvalue weighted by molar-refractivity contribution is 5.96. The highest BCUT2D eigenvalue weighted by Crippen LogP contribution is 2.30. The van der Waals surface area contributed by atoms with E-state index < -0.39 is 5.91 Å². The molecule has 138 valence electrons. The molecule has 1 aliphatic carbocycles. The molecule has 6 nitrogen and oxygen atoms in total. The van der Waals surface area contributed by atoms with Gasteiger partial charge in [0, 0.05) is 17.0 Å². The Morgan fingerprint density at radius 2 is 1.78 bits per heavy atom. The number of fused-ring (bicyclic) bond motifs is 1. The van der Waals surface area contributed by atoms with E-state index in [9.17, 15) is 4.79 Å². The second kappa shape index (κ2) is 7.23. The summed E-state index contributed by atoms with van der Waals surface area (Å²) in [5.74, 6) is 0.606. The van der Waals surface area contributed by atoms with Crippen molar-refractivity contribution in [2.24, 2.45) is 5.73 Å². The third-order valence-electron chi connectivity index (χ3n) is 5.14. The Morgan fingerprint density at radius 1 is 1.00 bits per heavy atom. The largest absolute Gasteiger partial charge is 0.368 e. The molecular formula is C21H23N5O. The lowest BCUT2D eigenvalue weighted by Gasteiger charge is -2.24. The van der Waals surface area contributed by atoms with E-state index in [1.165, 1.54) is 19.3 Å². The number of hydrogen-bond donors (Lipinski definition) is 3. The van der Waals surface area contributed by atoms with Gasteiger partial charge in [-0.3, -0.25) is 4.79 Å². The molecule has 0 atom stereocenters. The Hall–Kier alpha value is -3.15. The average molecular weight is 361 g/mol. The Balaban J connectivity index is 1.76. The summed E-state index contributed by atoms with van der Waals surface area (Å²) in [6, 6.07) is 13.7. The van der Waals surface area contributed by atoms with E-state index in [0.717, 1.165) is 40.7 Å². The topological polar surface area (TPSA) is 107 Å². The van der Waals surface area contributed by atoms with Crippen LogP contribution in [0.15, 0.2) is 42.5 Å². The summed E-state index contributed by atoms with van der Waals surface area (Å²) in [4.78, 5) is 20.3. The van der Waals surface area contributed by atoms with Crippen molar-refractivity contribution in [1.82, 2.24) is 9.97 Å². The molecule has 6 heteroatoms. The molecule has 0 unspecified atom stereocenters. The molecular weight excluding hydrogens is 338 g/mol. The second-order valence-electron chi connectivity index (χ2n) is 7.09. The third-order valence-corrected chi connectivity index (χ3v) is 5.14. The number of carbonyl (C=O) groups excluding carboxylic acids is 1. The van der Waals surface area contributed by atoms with Crippen molar-refractivity contribution in [1.29, 1.82) is 0 Å². The lowest BCUT2D eigenvalue weighted by atomic mass is 9.95. The van der Waals surface area contributed by atoms with Gasteiger partial charge >= 0.3 is 0 Å². The molecule has 2 aromatic carbocycles. The summed E-state index contributed by atoms with van der Waals surface area (Å²) in [5.41, 5.74) is 14.5. The minimum Gasteiger partial charge on any atom is -0.368 e. The van der Waals surface area contributed by atoms with Crippen LogP contribution in [-0.4, -0.2) is 21.9 Å². The van der Waals surface area contributed by atoms with Crippen molar-refractivity contribution in [3.05, 3.63) is 48.0 Å². The molecule has 0 radical (unpaired) electrons. The summed E-state index contributed by atoms with van der Waals surface area (Å²) in [6.07, 6.45) is 6.06. The van der Waals surface area contributed by atoms with E-state index in [0.29, 0.717) is 11.6 Å². The van der Waals surface area contributed by atoms with Crippen LogP contribution in [0.5, 0.6) is 0 Å². The number of primary amides is 1. The van der Waals surface area contributed by atoms with Crippen LogP contribution in [0.2, 0.25) is 0 Å². The fourth-order valence-electron chi connectivity index (χ4n) is 3.73. The number of hydrogen-bond acceptors (Lipinski definition) is 5. The van der Waals surface area contributed by atoms with Crippen molar-refractivity contribution in [3.8, 4) is 11.1 Å². The molecule has 27 heavy (non-hydrogen) atoms.